The average molecular weight is 268 g/mol. The lowest BCUT2D eigenvalue weighted by Crippen LogP contribution is -3.00. The van der Waals surface area contributed by atoms with Crippen molar-refractivity contribution in [1.82, 2.24) is 0 Å². The highest BCUT2D eigenvalue weighted by atomic mass is 35.5. The van der Waals surface area contributed by atoms with E-state index in [0.717, 1.165) is 0 Å². The highest BCUT2D eigenvalue weighted by Gasteiger charge is 2.43. The molecular weight excluding hydrogens is 250 g/mol. The molecule has 0 radical (unpaired) electrons. The Bertz CT molecular complexity index is 436. The van der Waals surface area contributed by atoms with Crippen molar-refractivity contribution in [2.75, 3.05) is 6.26 Å². The molecule has 1 fully saturated rings. The number of rotatable bonds is 0. The number of hydrogen-bond acceptors (Lipinski definition) is 1. The van der Waals surface area contributed by atoms with Crippen LogP contribution in [0.15, 0.2) is 24.3 Å². The molecule has 92 valence electrons. The Morgan fingerprint density at radius 3 is 2.59 bits per heavy atom. The molecule has 0 atom stereocenters. The third-order valence-corrected chi connectivity index (χ3v) is 4.66. The molecule has 0 saturated heterocycles. The molecule has 1 nitrogen and oxygen atoms in total. The normalized spacial score (nSPS) is 20.6. The van der Waals surface area contributed by atoms with Crippen molar-refractivity contribution in [3.05, 3.63) is 35.4 Å². The topological polar surface area (TPSA) is 14.0 Å². The van der Waals surface area contributed by atoms with Crippen molar-refractivity contribution in [3.63, 3.8) is 0 Å². The van der Waals surface area contributed by atoms with E-state index in [-0.39, 0.29) is 12.4 Å². The van der Waals surface area contributed by atoms with Gasteiger partial charge in [-0.05, 0) is 30.7 Å². The maximum absolute atomic E-state index is 3.81. The van der Waals surface area contributed by atoms with E-state index in [0.29, 0.717) is 5.54 Å². The first-order chi connectivity index (χ1) is 7.83. The molecule has 1 spiro atoms. The van der Waals surface area contributed by atoms with Crippen LogP contribution in [0, 0.1) is 0 Å². The second-order valence-corrected chi connectivity index (χ2v) is 5.80. The van der Waals surface area contributed by atoms with Gasteiger partial charge in [-0.1, -0.05) is 30.0 Å². The summed E-state index contributed by atoms with van der Waals surface area (Å²) in [6.07, 6.45) is 8.84. The van der Waals surface area contributed by atoms with Gasteiger partial charge in [-0.15, -0.1) is 0 Å². The zero-order valence-electron chi connectivity index (χ0n) is 10.1. The number of hydrogen-bond donors (Lipinski definition) is 1. The molecule has 17 heavy (non-hydrogen) atoms. The summed E-state index contributed by atoms with van der Waals surface area (Å²) in [4.78, 5) is 3.81. The summed E-state index contributed by atoms with van der Waals surface area (Å²) in [6.45, 7) is 0. The molecule has 1 aliphatic carbocycles. The van der Waals surface area contributed by atoms with Crippen molar-refractivity contribution >= 4 is 16.8 Å². The lowest BCUT2D eigenvalue weighted by molar-refractivity contribution is -0.551. The standard InChI is InChI=1S/C14H17NS.ClH/c1-16-13-12-7-3-2-6-11(12)10-14(15-13)8-4-5-9-14;/h2-3,6-7H,4-5,8-10H2,1H3;1H. The number of nitrogens with one attached hydrogen (secondary N) is 1. The highest BCUT2D eigenvalue weighted by molar-refractivity contribution is 8.13. The fraction of sp³-hybridized carbons (Fsp3) is 0.500. The summed E-state index contributed by atoms with van der Waals surface area (Å²) >= 11 is 1.85. The summed E-state index contributed by atoms with van der Waals surface area (Å²) in [7, 11) is 0. The average Bonchev–Trinajstić information content (AvgIpc) is 2.76. The van der Waals surface area contributed by atoms with Crippen LogP contribution in [0.2, 0.25) is 0 Å². The molecular formula is C14H18ClNS. The van der Waals surface area contributed by atoms with E-state index in [1.807, 2.05) is 11.8 Å². The van der Waals surface area contributed by atoms with Gasteiger partial charge in [0.05, 0.1) is 5.56 Å². The van der Waals surface area contributed by atoms with Crippen LogP contribution < -0.4 is 17.4 Å². The lowest BCUT2D eigenvalue weighted by atomic mass is 9.85. The predicted molar refractivity (Wildman–Crippen MR) is 69.9 cm³/mol. The van der Waals surface area contributed by atoms with Gasteiger partial charge in [0.15, 0.2) is 5.54 Å². The van der Waals surface area contributed by atoms with Gasteiger partial charge in [-0.2, -0.15) is 0 Å². The molecule has 0 bridgehead atoms. The quantitative estimate of drug-likeness (QED) is 0.621. The zero-order chi connectivity index (χ0) is 11.0. The first-order valence-electron chi connectivity index (χ1n) is 6.10. The van der Waals surface area contributed by atoms with Crippen LogP contribution >= 0.6 is 11.8 Å². The van der Waals surface area contributed by atoms with E-state index in [9.17, 15) is 0 Å². The highest BCUT2D eigenvalue weighted by Crippen LogP contribution is 2.32. The Labute approximate surface area is 114 Å². The van der Waals surface area contributed by atoms with Crippen molar-refractivity contribution in [2.45, 2.75) is 37.6 Å². The molecule has 2 aliphatic rings. The van der Waals surface area contributed by atoms with E-state index < -0.39 is 0 Å². The molecule has 3 rings (SSSR count). The number of halogens is 1. The molecule has 1 N–H and O–H groups in total. The second kappa shape index (κ2) is 5.03. The van der Waals surface area contributed by atoms with Crippen LogP contribution in [0.4, 0.5) is 0 Å². The molecule has 1 aromatic carbocycles. The zero-order valence-corrected chi connectivity index (χ0v) is 11.7. The van der Waals surface area contributed by atoms with Gasteiger partial charge >= 0.3 is 0 Å². The Morgan fingerprint density at radius 1 is 1.18 bits per heavy atom. The molecule has 1 saturated carbocycles. The SMILES string of the molecule is CSC1=[NH+]C2(CCCC2)Cc2ccccc21.[Cl-]. The van der Waals surface area contributed by atoms with E-state index in [2.05, 4.69) is 35.5 Å². The summed E-state index contributed by atoms with van der Waals surface area (Å²) in [6, 6.07) is 8.86. The predicted octanol–water partition coefficient (Wildman–Crippen LogP) is -1.25. The summed E-state index contributed by atoms with van der Waals surface area (Å²) < 4.78 is 0. The van der Waals surface area contributed by atoms with Gasteiger partial charge in [-0.25, -0.2) is 4.99 Å². The first kappa shape index (κ1) is 13.0. The first-order valence-corrected chi connectivity index (χ1v) is 7.33. The van der Waals surface area contributed by atoms with Crippen LogP contribution in [-0.4, -0.2) is 16.8 Å². The van der Waals surface area contributed by atoms with Crippen LogP contribution in [0.25, 0.3) is 0 Å². The van der Waals surface area contributed by atoms with E-state index in [1.54, 1.807) is 0 Å². The van der Waals surface area contributed by atoms with Crippen molar-refractivity contribution in [3.8, 4) is 0 Å². The molecule has 1 heterocycles. The Balaban J connectivity index is 0.00000108. The maximum atomic E-state index is 3.81. The third-order valence-electron chi connectivity index (χ3n) is 3.93. The van der Waals surface area contributed by atoms with Gasteiger partial charge in [0.1, 0.15) is 0 Å². The Morgan fingerprint density at radius 2 is 1.88 bits per heavy atom. The molecule has 0 aromatic heterocycles. The molecule has 0 amide bonds. The Kier molecular flexibility index (Phi) is 3.84. The van der Waals surface area contributed by atoms with Gasteiger partial charge in [-0.3, -0.25) is 0 Å². The number of benzene rings is 1. The van der Waals surface area contributed by atoms with Gasteiger partial charge in [0.2, 0.25) is 5.04 Å². The van der Waals surface area contributed by atoms with Crippen molar-refractivity contribution < 1.29 is 17.4 Å². The van der Waals surface area contributed by atoms with Gasteiger partial charge < -0.3 is 12.4 Å². The lowest BCUT2D eigenvalue weighted by Gasteiger charge is -2.25. The molecule has 0 unspecified atom stereocenters. The van der Waals surface area contributed by atoms with Crippen molar-refractivity contribution in [2.24, 2.45) is 0 Å². The van der Waals surface area contributed by atoms with Crippen LogP contribution in [0.3, 0.4) is 0 Å². The van der Waals surface area contributed by atoms with E-state index in [4.69, 9.17) is 0 Å². The fourth-order valence-electron chi connectivity index (χ4n) is 3.13. The molecule has 3 heteroatoms. The minimum atomic E-state index is 0. The van der Waals surface area contributed by atoms with Crippen LogP contribution in [0.1, 0.15) is 36.8 Å². The number of fused-ring (bicyclic) bond motifs is 1. The smallest absolute Gasteiger partial charge is 0.240 e. The van der Waals surface area contributed by atoms with E-state index >= 15 is 0 Å². The van der Waals surface area contributed by atoms with Crippen LogP contribution in [-0.2, 0) is 6.42 Å². The summed E-state index contributed by atoms with van der Waals surface area (Å²) in [5, 5.41) is 1.38. The van der Waals surface area contributed by atoms with Crippen molar-refractivity contribution in [1.29, 1.82) is 0 Å². The minimum absolute atomic E-state index is 0. The molecule has 1 aromatic rings. The fourth-order valence-corrected chi connectivity index (χ4v) is 3.87. The third kappa shape index (κ3) is 2.25. The summed E-state index contributed by atoms with van der Waals surface area (Å²) in [5.41, 5.74) is 3.34. The second-order valence-electron chi connectivity index (χ2n) is 4.98. The number of thioether (sulfide) groups is 1. The largest absolute Gasteiger partial charge is 1.00 e. The minimum Gasteiger partial charge on any atom is -1.00 e. The van der Waals surface area contributed by atoms with Gasteiger partial charge in [0, 0.05) is 19.3 Å². The maximum Gasteiger partial charge on any atom is 0.240 e. The molecule has 1 aliphatic heterocycles. The van der Waals surface area contributed by atoms with Crippen LogP contribution in [0.5, 0.6) is 0 Å². The summed E-state index contributed by atoms with van der Waals surface area (Å²) in [5.74, 6) is 0. The monoisotopic (exact) mass is 267 g/mol. The van der Waals surface area contributed by atoms with E-state index in [1.165, 1.54) is 48.3 Å². The van der Waals surface area contributed by atoms with Gasteiger partial charge in [0.25, 0.3) is 0 Å². The Hall–Kier alpha value is -0.470.